The fourth-order valence-electron chi connectivity index (χ4n) is 11.9. The van der Waals surface area contributed by atoms with Gasteiger partial charge in [-0.15, -0.1) is 13.2 Å². The fraction of sp³-hybridized carbons (Fsp3) is 0.460. The molecule has 0 spiro atoms. The summed E-state index contributed by atoms with van der Waals surface area (Å²) in [6.07, 6.45) is 3.08. The Morgan fingerprint density at radius 3 is 0.885 bits per heavy atom. The predicted octanol–water partition coefficient (Wildman–Crippen LogP) is 30.3. The van der Waals surface area contributed by atoms with Gasteiger partial charge in [-0.3, -0.25) is 0 Å². The van der Waals surface area contributed by atoms with Gasteiger partial charge >= 0.3 is 6.36 Å². The van der Waals surface area contributed by atoms with Gasteiger partial charge in [0.25, 0.3) is 0 Å². The molecule has 0 atom stereocenters. The van der Waals surface area contributed by atoms with E-state index in [1.54, 1.807) is 12.1 Å². The zero-order valence-electron chi connectivity index (χ0n) is 70.7. The van der Waals surface area contributed by atoms with Crippen molar-refractivity contribution in [2.75, 3.05) is 0 Å². The molecule has 0 aromatic heterocycles. The van der Waals surface area contributed by atoms with Crippen LogP contribution in [-0.2, 0) is 50.4 Å². The van der Waals surface area contributed by atoms with Crippen molar-refractivity contribution in [3.8, 4) is 28.0 Å². The largest absolute Gasteiger partial charge is 0.573 e. The summed E-state index contributed by atoms with van der Waals surface area (Å²) in [6.45, 7) is 67.1. The minimum atomic E-state index is -4.62. The molecule has 0 radical (unpaired) electrons. The Kier molecular flexibility index (Phi) is 34.7. The summed E-state index contributed by atoms with van der Waals surface area (Å²) < 4.78 is 39.5. The molecule has 9 aromatic rings. The highest BCUT2D eigenvalue weighted by atomic mass is 19.4. The second kappa shape index (κ2) is 39.8. The summed E-state index contributed by atoms with van der Waals surface area (Å²) in [5.41, 5.74) is 27.3. The van der Waals surface area contributed by atoms with E-state index in [-0.39, 0.29) is 16.6 Å². The maximum absolute atomic E-state index is 11.9. The van der Waals surface area contributed by atoms with E-state index >= 15 is 0 Å². The van der Waals surface area contributed by atoms with Gasteiger partial charge in [0.05, 0.1) is 0 Å². The molecule has 0 heterocycles. The molecule has 1 nitrogen and oxygen atoms in total. The molecule has 104 heavy (non-hydrogen) atoms. The first-order chi connectivity index (χ1) is 47.6. The summed E-state index contributed by atoms with van der Waals surface area (Å²) in [7, 11) is 0. The van der Waals surface area contributed by atoms with Gasteiger partial charge in [0, 0.05) is 0 Å². The standard InChI is InChI=1S/2C17H20.C15H24.3C13H20.C12H15F3O/c1-17(2,3)13-14-8-7-11-16(12-14)15-9-5-4-6-10-15;1-17(2,3)13-14-9-11-16(12-10-14)15-7-5-4-6-8-15;1-14(2,3)11-12-7-9-13(10-8-12)15(4,5)6;2*1-10-6-7-12(8-11(10)2)9-13(3,4)5;1-10-6-7-11(2)12(8-10)9-13(3,4)5;1-11(2,3)8-9-4-6-10(7-5-9)16-12(13,14)15/h2*4-12H,13H2,1-3H3;7-10H,11H2,1-6H3;3*6-8H,9H2,1-5H3;4-7H,8H2,1-3H3. The van der Waals surface area contributed by atoms with Crippen LogP contribution in [0.3, 0.4) is 0 Å². The topological polar surface area (TPSA) is 9.23 Å². The van der Waals surface area contributed by atoms with Crippen molar-refractivity contribution in [2.24, 2.45) is 37.9 Å². The van der Waals surface area contributed by atoms with Crippen molar-refractivity contribution < 1.29 is 17.9 Å². The summed E-state index contributed by atoms with van der Waals surface area (Å²) in [5, 5.41) is 0. The minimum Gasteiger partial charge on any atom is -0.406 e. The molecule has 9 aromatic carbocycles. The van der Waals surface area contributed by atoms with Crippen LogP contribution in [0.4, 0.5) is 13.2 Å². The number of hydrogen-bond donors (Lipinski definition) is 0. The fourth-order valence-corrected chi connectivity index (χ4v) is 11.9. The van der Waals surface area contributed by atoms with Crippen molar-refractivity contribution in [1.82, 2.24) is 0 Å². The lowest BCUT2D eigenvalue weighted by atomic mass is 9.84. The summed E-state index contributed by atoms with van der Waals surface area (Å²) >= 11 is 0. The molecule has 0 aliphatic carbocycles. The smallest absolute Gasteiger partial charge is 0.406 e. The Hall–Kier alpha value is -7.43. The molecule has 0 aliphatic rings. The SMILES string of the molecule is CC(C)(C)Cc1ccc(-c2ccccc2)cc1.CC(C)(C)Cc1ccc(C(C)(C)C)cc1.CC(C)(C)Cc1ccc(OC(F)(F)F)cc1.CC(C)(C)Cc1cccc(-c2ccccc2)c1.Cc1ccc(C)c(CC(C)(C)C)c1.Cc1ccc(CC(C)(C)C)cc1C.Cc1ccc(CC(C)(C)C)cc1C. The van der Waals surface area contributed by atoms with E-state index in [1.165, 1.54) is 113 Å². The van der Waals surface area contributed by atoms with Crippen LogP contribution >= 0.6 is 0 Å². The van der Waals surface area contributed by atoms with E-state index in [0.29, 0.717) is 32.5 Å². The molecule has 0 saturated carbocycles. The lowest BCUT2D eigenvalue weighted by Crippen LogP contribution is -2.17. The highest BCUT2D eigenvalue weighted by molar-refractivity contribution is 5.64. The third kappa shape index (κ3) is 41.3. The van der Waals surface area contributed by atoms with Gasteiger partial charge in [-0.25, -0.2) is 0 Å². The Bertz CT molecular complexity index is 3800. The van der Waals surface area contributed by atoms with Gasteiger partial charge in [-0.2, -0.15) is 0 Å². The van der Waals surface area contributed by atoms with Crippen LogP contribution in [0.1, 0.15) is 244 Å². The first kappa shape index (κ1) is 90.8. The number of ether oxygens (including phenoxy) is 1. The molecular weight excluding hydrogens is 1270 g/mol. The number of hydrogen-bond acceptors (Lipinski definition) is 1. The molecule has 0 amide bonds. The number of benzene rings is 9. The lowest BCUT2D eigenvalue weighted by Gasteiger charge is -2.21. The highest BCUT2D eigenvalue weighted by Crippen LogP contribution is 2.31. The summed E-state index contributed by atoms with van der Waals surface area (Å²) in [5.74, 6) is -0.176. The van der Waals surface area contributed by atoms with Crippen molar-refractivity contribution in [1.29, 1.82) is 0 Å². The van der Waals surface area contributed by atoms with Gasteiger partial charge in [0.2, 0.25) is 0 Å². The Balaban J connectivity index is 0.000000316. The van der Waals surface area contributed by atoms with Crippen LogP contribution in [0, 0.1) is 79.4 Å². The quantitative estimate of drug-likeness (QED) is 0.133. The maximum atomic E-state index is 11.9. The molecule has 9 rings (SSSR count). The van der Waals surface area contributed by atoms with Crippen molar-refractivity contribution >= 4 is 0 Å². The molecular formula is C100H139F3O. The van der Waals surface area contributed by atoms with Crippen LogP contribution in [0.2, 0.25) is 0 Å². The predicted molar refractivity (Wildman–Crippen MR) is 452 cm³/mol. The van der Waals surface area contributed by atoms with E-state index in [1.807, 2.05) is 0 Å². The maximum Gasteiger partial charge on any atom is 0.573 e. The van der Waals surface area contributed by atoms with Crippen LogP contribution in [-0.4, -0.2) is 6.36 Å². The van der Waals surface area contributed by atoms with Crippen molar-refractivity contribution in [3.05, 3.63) is 290 Å². The number of aryl methyl sites for hydroxylation is 6. The van der Waals surface area contributed by atoms with Crippen LogP contribution in [0.15, 0.2) is 212 Å². The lowest BCUT2D eigenvalue weighted by molar-refractivity contribution is -0.274. The molecule has 0 aliphatic heterocycles. The average Bonchev–Trinajstić information content (AvgIpc) is 0.873. The van der Waals surface area contributed by atoms with Crippen LogP contribution < -0.4 is 4.74 Å². The van der Waals surface area contributed by atoms with Gasteiger partial charge < -0.3 is 4.74 Å². The second-order valence-electron chi connectivity index (χ2n) is 38.7. The first-order valence-corrected chi connectivity index (χ1v) is 38.0. The zero-order valence-corrected chi connectivity index (χ0v) is 70.7. The van der Waals surface area contributed by atoms with E-state index in [0.717, 1.165) is 44.1 Å². The molecule has 566 valence electrons. The molecule has 0 fully saturated rings. The number of rotatable bonds is 10. The Labute approximate surface area is 634 Å². The van der Waals surface area contributed by atoms with Gasteiger partial charge in [0.1, 0.15) is 5.75 Å². The van der Waals surface area contributed by atoms with E-state index in [4.69, 9.17) is 0 Å². The van der Waals surface area contributed by atoms with Gasteiger partial charge in [-0.1, -0.05) is 372 Å². The normalized spacial score (nSPS) is 12.0. The Morgan fingerprint density at radius 2 is 0.538 bits per heavy atom. The van der Waals surface area contributed by atoms with E-state index < -0.39 is 6.36 Å². The van der Waals surface area contributed by atoms with Gasteiger partial charge in [-0.05, 0) is 237 Å². The zero-order chi connectivity index (χ0) is 78.9. The second-order valence-corrected chi connectivity index (χ2v) is 38.7. The van der Waals surface area contributed by atoms with Crippen LogP contribution in [0.25, 0.3) is 22.3 Å². The monoisotopic (exact) mass is 1410 g/mol. The van der Waals surface area contributed by atoms with Gasteiger partial charge in [0.15, 0.2) is 0 Å². The van der Waals surface area contributed by atoms with E-state index in [9.17, 15) is 13.2 Å². The van der Waals surface area contributed by atoms with Crippen molar-refractivity contribution in [3.63, 3.8) is 0 Å². The highest BCUT2D eigenvalue weighted by Gasteiger charge is 2.31. The third-order valence-corrected chi connectivity index (χ3v) is 16.8. The Morgan fingerprint density at radius 1 is 0.240 bits per heavy atom. The molecule has 0 saturated heterocycles. The van der Waals surface area contributed by atoms with Crippen molar-refractivity contribution in [2.45, 2.75) is 264 Å². The average molecular weight is 1410 g/mol. The summed E-state index contributed by atoms with van der Waals surface area (Å²) in [4.78, 5) is 0. The summed E-state index contributed by atoms with van der Waals surface area (Å²) in [6, 6.07) is 74.2. The molecule has 0 unspecified atom stereocenters. The van der Waals surface area contributed by atoms with E-state index in [2.05, 4.69) is 401 Å². The molecule has 0 N–H and O–H groups in total. The molecule has 0 bridgehead atoms. The third-order valence-electron chi connectivity index (χ3n) is 16.8. The molecule has 4 heteroatoms. The minimum absolute atomic E-state index is 0.117. The number of alkyl halides is 3. The number of halogens is 3. The van der Waals surface area contributed by atoms with Crippen LogP contribution in [0.5, 0.6) is 5.75 Å². The first-order valence-electron chi connectivity index (χ1n) is 38.0.